The number of anilines is 2. The fraction of sp³-hybridized carbons (Fsp3) is 0.267. The lowest BCUT2D eigenvalue weighted by atomic mass is 10.5. The molecule has 160 valence electrons. The van der Waals surface area contributed by atoms with Crippen molar-refractivity contribution in [2.75, 3.05) is 38.1 Å². The number of carbonyl (C=O) groups is 3. The molecule has 15 heteroatoms. The summed E-state index contributed by atoms with van der Waals surface area (Å²) in [5.74, 6) is -1.12. The molecule has 2 heterocycles. The van der Waals surface area contributed by atoms with E-state index in [2.05, 4.69) is 40.4 Å². The zero-order valence-electron chi connectivity index (χ0n) is 15.7. The molecule has 0 aliphatic heterocycles. The van der Waals surface area contributed by atoms with Crippen LogP contribution in [0.5, 0.6) is 0 Å². The molecule has 0 aliphatic rings. The van der Waals surface area contributed by atoms with Crippen LogP contribution in [0.15, 0.2) is 21.1 Å². The molecule has 0 aromatic carbocycles. The fourth-order valence-corrected chi connectivity index (χ4v) is 2.82. The van der Waals surface area contributed by atoms with Crippen molar-refractivity contribution < 1.29 is 33.5 Å². The number of aromatic nitrogens is 2. The molecule has 0 aliphatic carbocycles. The number of hydrogen-bond acceptors (Lipinski definition) is 13. The van der Waals surface area contributed by atoms with E-state index in [1.165, 1.54) is 49.3 Å². The molecule has 0 saturated carbocycles. The first-order valence-electron chi connectivity index (χ1n) is 7.93. The first kappa shape index (κ1) is 22.7. The molecule has 0 fully saturated rings. The van der Waals surface area contributed by atoms with Crippen LogP contribution < -0.4 is 10.6 Å². The van der Waals surface area contributed by atoms with E-state index < -0.39 is 18.0 Å². The molecule has 2 aromatic rings. The Bertz CT molecular complexity index is 854. The number of hydrogen-bond donors (Lipinski definition) is 2. The summed E-state index contributed by atoms with van der Waals surface area (Å²) >= 11 is 2.33. The Balaban J connectivity index is 1.77. The van der Waals surface area contributed by atoms with Crippen LogP contribution in [0.25, 0.3) is 0 Å². The monoisotopic (exact) mass is 456 g/mol. The summed E-state index contributed by atoms with van der Waals surface area (Å²) in [6.45, 7) is -0.634. The lowest BCUT2D eigenvalue weighted by molar-refractivity contribution is -0.146. The third kappa shape index (κ3) is 8.19. The van der Waals surface area contributed by atoms with Gasteiger partial charge in [-0.2, -0.15) is 0 Å². The number of oxime groups is 2. The predicted octanol–water partition coefficient (Wildman–Crippen LogP) is 1.29. The number of nitrogens with zero attached hydrogens (tertiary/aromatic N) is 4. The van der Waals surface area contributed by atoms with Crippen molar-refractivity contribution in [3.8, 4) is 0 Å². The van der Waals surface area contributed by atoms with Gasteiger partial charge in [-0.3, -0.25) is 10.6 Å². The van der Waals surface area contributed by atoms with Crippen molar-refractivity contribution in [1.29, 1.82) is 0 Å². The average molecular weight is 456 g/mol. The summed E-state index contributed by atoms with van der Waals surface area (Å²) in [6.07, 6.45) is 2.58. The summed E-state index contributed by atoms with van der Waals surface area (Å²) in [5.41, 5.74) is 0.861. The quantitative estimate of drug-likeness (QED) is 0.305. The lowest BCUT2D eigenvalue weighted by Crippen LogP contribution is -2.19. The van der Waals surface area contributed by atoms with E-state index in [1.807, 2.05) is 0 Å². The van der Waals surface area contributed by atoms with Crippen molar-refractivity contribution in [1.82, 2.24) is 9.97 Å². The van der Waals surface area contributed by atoms with Gasteiger partial charge in [-0.15, -0.1) is 22.7 Å². The normalized spacial score (nSPS) is 10.7. The number of amides is 2. The summed E-state index contributed by atoms with van der Waals surface area (Å²) in [7, 11) is 2.47. The first-order valence-corrected chi connectivity index (χ1v) is 9.69. The molecule has 0 atom stereocenters. The SMILES string of the molecule is COC(=O)CO/N=C/c1csc(NC(=O)Nc2nc(/C=N/OCC(=O)OC)cs2)n1. The van der Waals surface area contributed by atoms with Crippen LogP contribution in [-0.2, 0) is 28.7 Å². The average Bonchev–Trinajstić information content (AvgIpc) is 3.37. The van der Waals surface area contributed by atoms with Gasteiger partial charge >= 0.3 is 18.0 Å². The van der Waals surface area contributed by atoms with Gasteiger partial charge in [-0.1, -0.05) is 10.3 Å². The number of esters is 2. The van der Waals surface area contributed by atoms with Gasteiger partial charge in [0.25, 0.3) is 0 Å². The van der Waals surface area contributed by atoms with Gasteiger partial charge in [0.15, 0.2) is 10.3 Å². The van der Waals surface area contributed by atoms with Crippen molar-refractivity contribution in [3.63, 3.8) is 0 Å². The zero-order chi connectivity index (χ0) is 21.8. The van der Waals surface area contributed by atoms with Crippen molar-refractivity contribution in [3.05, 3.63) is 22.1 Å². The number of urea groups is 1. The molecule has 0 spiro atoms. The number of methoxy groups -OCH3 is 2. The van der Waals surface area contributed by atoms with Crippen LogP contribution in [0, 0.1) is 0 Å². The highest BCUT2D eigenvalue weighted by Gasteiger charge is 2.09. The minimum Gasteiger partial charge on any atom is -0.466 e. The number of nitrogens with one attached hydrogen (secondary N) is 2. The molecular weight excluding hydrogens is 440 g/mol. The largest absolute Gasteiger partial charge is 0.466 e. The van der Waals surface area contributed by atoms with Crippen LogP contribution in [0.3, 0.4) is 0 Å². The molecular formula is C15H16N6O7S2. The summed E-state index contributed by atoms with van der Waals surface area (Å²) in [6, 6.07) is -0.547. The third-order valence-corrected chi connectivity index (χ3v) is 4.38. The van der Waals surface area contributed by atoms with E-state index in [9.17, 15) is 14.4 Å². The van der Waals surface area contributed by atoms with Gasteiger partial charge in [0.1, 0.15) is 0 Å². The van der Waals surface area contributed by atoms with Gasteiger partial charge in [-0.25, -0.2) is 24.4 Å². The van der Waals surface area contributed by atoms with Gasteiger partial charge in [-0.05, 0) is 0 Å². The van der Waals surface area contributed by atoms with E-state index in [1.54, 1.807) is 10.8 Å². The lowest BCUT2D eigenvalue weighted by Gasteiger charge is -2.01. The number of ether oxygens (including phenoxy) is 2. The van der Waals surface area contributed by atoms with Crippen LogP contribution in [0.1, 0.15) is 11.4 Å². The second kappa shape index (κ2) is 12.1. The van der Waals surface area contributed by atoms with Crippen LogP contribution in [0.4, 0.5) is 15.1 Å². The summed E-state index contributed by atoms with van der Waals surface area (Å²) < 4.78 is 8.80. The molecule has 13 nitrogen and oxygen atoms in total. The van der Waals surface area contributed by atoms with Crippen molar-refractivity contribution in [2.45, 2.75) is 0 Å². The highest BCUT2D eigenvalue weighted by molar-refractivity contribution is 7.14. The Morgan fingerprint density at radius 1 is 0.900 bits per heavy atom. The smallest absolute Gasteiger partial charge is 0.346 e. The topological polar surface area (TPSA) is 163 Å². The zero-order valence-corrected chi connectivity index (χ0v) is 17.3. The fourth-order valence-electron chi connectivity index (χ4n) is 1.51. The Kier molecular flexibility index (Phi) is 9.14. The maximum Gasteiger partial charge on any atom is 0.346 e. The van der Waals surface area contributed by atoms with E-state index >= 15 is 0 Å². The Hall–Kier alpha value is -3.59. The highest BCUT2D eigenvalue weighted by Crippen LogP contribution is 2.17. The third-order valence-electron chi connectivity index (χ3n) is 2.82. The molecule has 2 amide bonds. The van der Waals surface area contributed by atoms with Gasteiger partial charge in [0.2, 0.25) is 13.2 Å². The Morgan fingerprint density at radius 2 is 1.33 bits per heavy atom. The Labute approximate surface area is 177 Å². The number of carbonyl (C=O) groups excluding carboxylic acids is 3. The van der Waals surface area contributed by atoms with Gasteiger partial charge in [0, 0.05) is 10.8 Å². The van der Waals surface area contributed by atoms with Crippen molar-refractivity contribution >= 4 is 63.3 Å². The maximum atomic E-state index is 12.0. The van der Waals surface area contributed by atoms with E-state index in [4.69, 9.17) is 9.68 Å². The number of thiazole rings is 2. The number of rotatable bonds is 10. The molecule has 2 aromatic heterocycles. The maximum absolute atomic E-state index is 12.0. The summed E-state index contributed by atoms with van der Waals surface area (Å²) in [5, 5.41) is 16.1. The van der Waals surface area contributed by atoms with Gasteiger partial charge in [0.05, 0.1) is 38.0 Å². The molecule has 2 N–H and O–H groups in total. The van der Waals surface area contributed by atoms with Gasteiger partial charge < -0.3 is 19.1 Å². The second-order valence-corrected chi connectivity index (χ2v) is 6.62. The first-order chi connectivity index (χ1) is 14.5. The molecule has 0 unspecified atom stereocenters. The minimum absolute atomic E-state index is 0.316. The summed E-state index contributed by atoms with van der Waals surface area (Å²) in [4.78, 5) is 51.5. The minimum atomic E-state index is -0.560. The molecule has 30 heavy (non-hydrogen) atoms. The molecule has 0 radical (unpaired) electrons. The molecule has 2 rings (SSSR count). The standard InChI is InChI=1S/C15H16N6O7S2/c1-25-11(22)5-27-16-3-9-7-29-14(18-9)20-13(24)21-15-19-10(8-30-15)4-17-28-6-12(23)26-2/h3-4,7-8H,5-6H2,1-2H3,(H2,18,19,20,21,24)/b16-3+,17-4+. The molecule has 0 saturated heterocycles. The van der Waals surface area contributed by atoms with Crippen LogP contribution in [-0.4, -0.2) is 67.8 Å². The second-order valence-electron chi connectivity index (χ2n) is 4.90. The molecule has 0 bridgehead atoms. The van der Waals surface area contributed by atoms with E-state index in [0.717, 1.165) is 0 Å². The highest BCUT2D eigenvalue weighted by atomic mass is 32.1. The van der Waals surface area contributed by atoms with E-state index in [-0.39, 0.29) is 13.2 Å². The van der Waals surface area contributed by atoms with Crippen LogP contribution >= 0.6 is 22.7 Å². The predicted molar refractivity (Wildman–Crippen MR) is 108 cm³/mol. The van der Waals surface area contributed by atoms with Crippen LogP contribution in [0.2, 0.25) is 0 Å². The van der Waals surface area contributed by atoms with Crippen molar-refractivity contribution in [2.24, 2.45) is 10.3 Å². The van der Waals surface area contributed by atoms with E-state index in [0.29, 0.717) is 21.7 Å². The Morgan fingerprint density at radius 3 is 1.73 bits per heavy atom.